The molecule has 3 aromatic rings. The molecule has 1 atom stereocenters. The first kappa shape index (κ1) is 19.2. The number of para-hydroxylation sites is 1. The molecule has 144 valence electrons. The van der Waals surface area contributed by atoms with Crippen molar-refractivity contribution < 1.29 is 14.3 Å². The van der Waals surface area contributed by atoms with Crippen LogP contribution in [-0.4, -0.2) is 36.7 Å². The first-order valence-electron chi connectivity index (χ1n) is 9.10. The second-order valence-electron chi connectivity index (χ2n) is 6.35. The first-order valence-corrected chi connectivity index (χ1v) is 9.10. The van der Waals surface area contributed by atoms with E-state index in [0.29, 0.717) is 18.7 Å². The van der Waals surface area contributed by atoms with Crippen molar-refractivity contribution in [3.8, 4) is 0 Å². The summed E-state index contributed by atoms with van der Waals surface area (Å²) < 4.78 is 4.97. The third kappa shape index (κ3) is 5.01. The summed E-state index contributed by atoms with van der Waals surface area (Å²) in [5.41, 5.74) is 2.53. The Morgan fingerprint density at radius 1 is 1.04 bits per heavy atom. The fourth-order valence-corrected chi connectivity index (χ4v) is 2.91. The molecule has 3 rings (SSSR count). The van der Waals surface area contributed by atoms with Crippen molar-refractivity contribution in [2.75, 3.05) is 19.7 Å². The maximum atomic E-state index is 12.4. The number of aromatic amines is 1. The number of aromatic nitrogens is 1. The third-order valence-corrected chi connectivity index (χ3v) is 4.36. The van der Waals surface area contributed by atoms with Gasteiger partial charge in [0.25, 0.3) is 5.91 Å². The van der Waals surface area contributed by atoms with Gasteiger partial charge in [-0.3, -0.25) is 4.79 Å². The number of hydrogen-bond acceptors (Lipinski definition) is 3. The zero-order chi connectivity index (χ0) is 19.8. The normalized spacial score (nSPS) is 11.6. The van der Waals surface area contributed by atoms with Crippen LogP contribution < -0.4 is 10.6 Å². The molecule has 1 unspecified atom stereocenters. The monoisotopic (exact) mass is 377 g/mol. The highest BCUT2D eigenvalue weighted by Crippen LogP contribution is 2.21. The van der Waals surface area contributed by atoms with Crippen LogP contribution in [0.15, 0.2) is 73.3 Å². The summed E-state index contributed by atoms with van der Waals surface area (Å²) in [6.07, 6.45) is 0.991. The van der Waals surface area contributed by atoms with Crippen LogP contribution in [0.3, 0.4) is 0 Å². The number of amides is 2. The number of carbonyl (C=O) groups is 2. The lowest BCUT2D eigenvalue weighted by Crippen LogP contribution is -2.36. The zero-order valence-corrected chi connectivity index (χ0v) is 15.5. The lowest BCUT2D eigenvalue weighted by Gasteiger charge is -2.17. The number of carbonyl (C=O) groups excluding carboxylic acids is 2. The van der Waals surface area contributed by atoms with E-state index in [-0.39, 0.29) is 18.4 Å². The minimum Gasteiger partial charge on any atom is -0.445 e. The molecule has 6 nitrogen and oxygen atoms in total. The molecular formula is C22H23N3O3. The Bertz CT molecular complexity index is 917. The van der Waals surface area contributed by atoms with E-state index in [1.807, 2.05) is 48.5 Å². The topological polar surface area (TPSA) is 83.2 Å². The molecular weight excluding hydrogens is 354 g/mol. The molecule has 0 radical (unpaired) electrons. The molecule has 0 spiro atoms. The predicted octanol–water partition coefficient (Wildman–Crippen LogP) is 3.59. The average molecular weight is 377 g/mol. The summed E-state index contributed by atoms with van der Waals surface area (Å²) in [7, 11) is 0. The Labute approximate surface area is 163 Å². The van der Waals surface area contributed by atoms with Crippen molar-refractivity contribution in [3.05, 3.63) is 84.6 Å². The molecule has 2 amide bonds. The molecule has 0 aliphatic heterocycles. The van der Waals surface area contributed by atoms with E-state index in [9.17, 15) is 9.59 Å². The SMILES string of the molecule is C=CCOC(=O)NCC(CNC(=O)c1ccccc1)c1cc2ccccc2[nH]1. The summed E-state index contributed by atoms with van der Waals surface area (Å²) in [5.74, 6) is -0.299. The summed E-state index contributed by atoms with van der Waals surface area (Å²) in [6.45, 7) is 4.35. The van der Waals surface area contributed by atoms with Crippen LogP contribution in [0.1, 0.15) is 22.0 Å². The van der Waals surface area contributed by atoms with Crippen LogP contribution in [0, 0.1) is 0 Å². The van der Waals surface area contributed by atoms with Crippen molar-refractivity contribution in [1.82, 2.24) is 15.6 Å². The molecule has 1 heterocycles. The molecule has 28 heavy (non-hydrogen) atoms. The maximum Gasteiger partial charge on any atom is 0.407 e. The Hall–Kier alpha value is -3.54. The van der Waals surface area contributed by atoms with Crippen LogP contribution in [0.2, 0.25) is 0 Å². The van der Waals surface area contributed by atoms with Gasteiger partial charge >= 0.3 is 6.09 Å². The number of alkyl carbamates (subject to hydrolysis) is 1. The highest BCUT2D eigenvalue weighted by atomic mass is 16.5. The molecule has 0 fully saturated rings. The lowest BCUT2D eigenvalue weighted by molar-refractivity contribution is 0.0951. The van der Waals surface area contributed by atoms with Gasteiger partial charge in [0.05, 0.1) is 0 Å². The minimum atomic E-state index is -0.518. The highest BCUT2D eigenvalue weighted by molar-refractivity contribution is 5.94. The molecule has 0 aliphatic rings. The summed E-state index contributed by atoms with van der Waals surface area (Å²) >= 11 is 0. The maximum absolute atomic E-state index is 12.4. The van der Waals surface area contributed by atoms with Gasteiger partial charge in [0.15, 0.2) is 0 Å². The van der Waals surface area contributed by atoms with E-state index in [0.717, 1.165) is 16.6 Å². The molecule has 2 aromatic carbocycles. The first-order chi connectivity index (χ1) is 13.7. The van der Waals surface area contributed by atoms with E-state index < -0.39 is 6.09 Å². The number of fused-ring (bicyclic) bond motifs is 1. The molecule has 3 N–H and O–H groups in total. The number of H-pyrrole nitrogens is 1. The fraction of sp³-hybridized carbons (Fsp3) is 0.182. The van der Waals surface area contributed by atoms with Gasteiger partial charge < -0.3 is 20.4 Å². The zero-order valence-electron chi connectivity index (χ0n) is 15.5. The second-order valence-corrected chi connectivity index (χ2v) is 6.35. The van der Waals surface area contributed by atoms with Crippen LogP contribution in [0.5, 0.6) is 0 Å². The van der Waals surface area contributed by atoms with E-state index in [1.165, 1.54) is 6.08 Å². The fourth-order valence-electron chi connectivity index (χ4n) is 2.91. The van der Waals surface area contributed by atoms with Crippen molar-refractivity contribution >= 4 is 22.9 Å². The highest BCUT2D eigenvalue weighted by Gasteiger charge is 2.17. The summed E-state index contributed by atoms with van der Waals surface area (Å²) in [6, 6.07) is 19.0. The van der Waals surface area contributed by atoms with Gasteiger partial charge in [-0.05, 0) is 29.7 Å². The number of nitrogens with one attached hydrogen (secondary N) is 3. The van der Waals surface area contributed by atoms with E-state index in [4.69, 9.17) is 4.74 Å². The molecule has 6 heteroatoms. The van der Waals surface area contributed by atoms with Gasteiger partial charge in [0.2, 0.25) is 0 Å². The van der Waals surface area contributed by atoms with Crippen LogP contribution >= 0.6 is 0 Å². The van der Waals surface area contributed by atoms with Gasteiger partial charge in [-0.25, -0.2) is 4.79 Å². The van der Waals surface area contributed by atoms with Gasteiger partial charge in [0, 0.05) is 35.8 Å². The molecule has 0 saturated heterocycles. The third-order valence-electron chi connectivity index (χ3n) is 4.36. The van der Waals surface area contributed by atoms with E-state index in [1.54, 1.807) is 12.1 Å². The summed E-state index contributed by atoms with van der Waals surface area (Å²) in [4.78, 5) is 27.5. The van der Waals surface area contributed by atoms with Crippen molar-refractivity contribution in [1.29, 1.82) is 0 Å². The Kier molecular flexibility index (Phi) is 6.46. The van der Waals surface area contributed by atoms with Crippen LogP contribution in [-0.2, 0) is 4.74 Å². The van der Waals surface area contributed by atoms with E-state index >= 15 is 0 Å². The van der Waals surface area contributed by atoms with Crippen LogP contribution in [0.4, 0.5) is 4.79 Å². The average Bonchev–Trinajstić information content (AvgIpc) is 3.16. The lowest BCUT2D eigenvalue weighted by atomic mass is 10.0. The quantitative estimate of drug-likeness (QED) is 0.525. The Morgan fingerprint density at radius 2 is 1.75 bits per heavy atom. The smallest absolute Gasteiger partial charge is 0.407 e. The van der Waals surface area contributed by atoms with Crippen LogP contribution in [0.25, 0.3) is 10.9 Å². The number of hydrogen-bond donors (Lipinski definition) is 3. The number of ether oxygens (including phenoxy) is 1. The molecule has 0 saturated carbocycles. The molecule has 0 bridgehead atoms. The van der Waals surface area contributed by atoms with Gasteiger partial charge in [-0.15, -0.1) is 0 Å². The standard InChI is InChI=1S/C22H23N3O3/c1-2-12-28-22(27)24-15-18(14-23-21(26)16-8-4-3-5-9-16)20-13-17-10-6-7-11-19(17)25-20/h2-11,13,18,25H,1,12,14-15H2,(H,23,26)(H,24,27). The predicted molar refractivity (Wildman–Crippen MR) is 109 cm³/mol. The van der Waals surface area contributed by atoms with Crippen molar-refractivity contribution in [3.63, 3.8) is 0 Å². The summed E-state index contributed by atoms with van der Waals surface area (Å²) in [5, 5.41) is 6.76. The number of benzene rings is 2. The minimum absolute atomic E-state index is 0.142. The van der Waals surface area contributed by atoms with Gasteiger partial charge in [0.1, 0.15) is 6.61 Å². The van der Waals surface area contributed by atoms with Crippen molar-refractivity contribution in [2.24, 2.45) is 0 Å². The molecule has 0 aliphatic carbocycles. The van der Waals surface area contributed by atoms with Gasteiger partial charge in [-0.1, -0.05) is 49.1 Å². The Balaban J connectivity index is 1.71. The Morgan fingerprint density at radius 3 is 2.50 bits per heavy atom. The number of rotatable bonds is 8. The van der Waals surface area contributed by atoms with E-state index in [2.05, 4.69) is 22.2 Å². The largest absolute Gasteiger partial charge is 0.445 e. The van der Waals surface area contributed by atoms with Gasteiger partial charge in [-0.2, -0.15) is 0 Å². The molecule has 1 aromatic heterocycles. The second kappa shape index (κ2) is 9.41. The van der Waals surface area contributed by atoms with Crippen molar-refractivity contribution in [2.45, 2.75) is 5.92 Å².